The van der Waals surface area contributed by atoms with Gasteiger partial charge in [0.05, 0.1) is 0 Å². The molecule has 25 heavy (non-hydrogen) atoms. The van der Waals surface area contributed by atoms with Gasteiger partial charge in [0.25, 0.3) is 0 Å². The van der Waals surface area contributed by atoms with Crippen LogP contribution >= 0.6 is 12.4 Å². The number of piperidine rings is 1. The maximum absolute atomic E-state index is 13.6. The van der Waals surface area contributed by atoms with E-state index in [1.165, 1.54) is 0 Å². The SMILES string of the molecule is CN(C)CCCN1CCC(Oc2c(F)c(F)c(F)c(F)c2F)CC1.Cl. The van der Waals surface area contributed by atoms with Crippen LogP contribution in [-0.2, 0) is 0 Å². The van der Waals surface area contributed by atoms with Crippen molar-refractivity contribution in [3.63, 3.8) is 0 Å². The Morgan fingerprint density at radius 1 is 0.920 bits per heavy atom. The second kappa shape index (κ2) is 9.54. The summed E-state index contributed by atoms with van der Waals surface area (Å²) in [6.07, 6.45) is 1.38. The second-order valence-electron chi connectivity index (χ2n) is 6.21. The predicted molar refractivity (Wildman–Crippen MR) is 86.7 cm³/mol. The Morgan fingerprint density at radius 2 is 1.40 bits per heavy atom. The minimum absolute atomic E-state index is 0. The summed E-state index contributed by atoms with van der Waals surface area (Å²) in [6, 6.07) is 0. The summed E-state index contributed by atoms with van der Waals surface area (Å²) in [5, 5.41) is 0. The van der Waals surface area contributed by atoms with Crippen LogP contribution in [-0.4, -0.2) is 56.2 Å². The van der Waals surface area contributed by atoms with Gasteiger partial charge in [-0.2, -0.15) is 8.78 Å². The Kier molecular flexibility index (Phi) is 8.37. The fraction of sp³-hybridized carbons (Fsp3) is 0.625. The Bertz CT molecular complexity index is 551. The van der Waals surface area contributed by atoms with Crippen molar-refractivity contribution in [1.82, 2.24) is 9.80 Å². The molecular formula is C16H22ClF5N2O. The summed E-state index contributed by atoms with van der Waals surface area (Å²) < 4.78 is 71.7. The van der Waals surface area contributed by atoms with Gasteiger partial charge < -0.3 is 14.5 Å². The minimum Gasteiger partial charge on any atom is -0.484 e. The Hall–Kier alpha value is -1.12. The first-order chi connectivity index (χ1) is 11.3. The lowest BCUT2D eigenvalue weighted by Gasteiger charge is -2.32. The lowest BCUT2D eigenvalue weighted by Crippen LogP contribution is -2.39. The monoisotopic (exact) mass is 388 g/mol. The van der Waals surface area contributed by atoms with Gasteiger partial charge in [0.1, 0.15) is 6.10 Å². The van der Waals surface area contributed by atoms with Gasteiger partial charge >= 0.3 is 0 Å². The summed E-state index contributed by atoms with van der Waals surface area (Å²) in [6.45, 7) is 3.18. The highest BCUT2D eigenvalue weighted by Gasteiger charge is 2.30. The van der Waals surface area contributed by atoms with Crippen molar-refractivity contribution < 1.29 is 26.7 Å². The standard InChI is InChI=1S/C16H21F5N2O.ClH/c1-22(2)6-3-7-23-8-4-10(5-9-23)24-16-14(20)12(18)11(17)13(19)15(16)21;/h10H,3-9H2,1-2H3;1H. The van der Waals surface area contributed by atoms with Gasteiger partial charge in [0, 0.05) is 13.1 Å². The van der Waals surface area contributed by atoms with Crippen LogP contribution in [0.2, 0.25) is 0 Å². The molecule has 0 saturated carbocycles. The number of halogens is 6. The molecule has 1 aliphatic heterocycles. The number of hydrogen-bond donors (Lipinski definition) is 0. The highest BCUT2D eigenvalue weighted by atomic mass is 35.5. The molecule has 0 aliphatic carbocycles. The number of nitrogens with zero attached hydrogens (tertiary/aromatic N) is 2. The van der Waals surface area contributed by atoms with Crippen LogP contribution in [0.5, 0.6) is 5.75 Å². The maximum Gasteiger partial charge on any atom is 0.207 e. The highest BCUT2D eigenvalue weighted by molar-refractivity contribution is 5.85. The molecule has 0 N–H and O–H groups in total. The number of ether oxygens (including phenoxy) is 1. The zero-order valence-electron chi connectivity index (χ0n) is 14.1. The van der Waals surface area contributed by atoms with Gasteiger partial charge in [0.2, 0.25) is 29.1 Å². The molecule has 0 unspecified atom stereocenters. The summed E-state index contributed by atoms with van der Waals surface area (Å²) in [7, 11) is 3.98. The van der Waals surface area contributed by atoms with Crippen LogP contribution < -0.4 is 4.74 Å². The molecule has 1 aromatic rings. The normalized spacial score (nSPS) is 16.2. The van der Waals surface area contributed by atoms with E-state index in [1.54, 1.807) is 0 Å². The highest BCUT2D eigenvalue weighted by Crippen LogP contribution is 2.31. The molecule has 0 spiro atoms. The van der Waals surface area contributed by atoms with E-state index in [-0.39, 0.29) is 12.4 Å². The zero-order chi connectivity index (χ0) is 17.9. The van der Waals surface area contributed by atoms with Gasteiger partial charge in [0.15, 0.2) is 5.75 Å². The Labute approximate surface area is 150 Å². The van der Waals surface area contributed by atoms with E-state index in [1.807, 2.05) is 14.1 Å². The van der Waals surface area contributed by atoms with Gasteiger partial charge in [-0.1, -0.05) is 0 Å². The molecule has 1 heterocycles. The first kappa shape index (κ1) is 21.9. The third-order valence-electron chi connectivity index (χ3n) is 4.07. The molecule has 144 valence electrons. The van der Waals surface area contributed by atoms with Crippen molar-refractivity contribution in [2.45, 2.75) is 25.4 Å². The second-order valence-corrected chi connectivity index (χ2v) is 6.21. The first-order valence-electron chi connectivity index (χ1n) is 7.86. The summed E-state index contributed by atoms with van der Waals surface area (Å²) in [5.74, 6) is -11.2. The number of rotatable bonds is 6. The van der Waals surface area contributed by atoms with Gasteiger partial charge in [-0.05, 0) is 46.4 Å². The average Bonchev–Trinajstić information content (AvgIpc) is 2.56. The zero-order valence-corrected chi connectivity index (χ0v) is 14.9. The summed E-state index contributed by atoms with van der Waals surface area (Å²) >= 11 is 0. The van der Waals surface area contributed by atoms with E-state index < -0.39 is 40.9 Å². The van der Waals surface area contributed by atoms with Crippen molar-refractivity contribution >= 4 is 12.4 Å². The Morgan fingerprint density at radius 3 is 1.88 bits per heavy atom. The molecule has 0 atom stereocenters. The van der Waals surface area contributed by atoms with Crippen molar-refractivity contribution in [2.75, 3.05) is 40.3 Å². The van der Waals surface area contributed by atoms with Crippen molar-refractivity contribution in [2.24, 2.45) is 0 Å². The molecule has 1 aliphatic rings. The van der Waals surface area contributed by atoms with Crippen molar-refractivity contribution in [3.05, 3.63) is 29.1 Å². The van der Waals surface area contributed by atoms with E-state index in [0.717, 1.165) is 19.5 Å². The van der Waals surface area contributed by atoms with E-state index in [9.17, 15) is 22.0 Å². The third kappa shape index (κ3) is 5.43. The smallest absolute Gasteiger partial charge is 0.207 e. The molecule has 0 aromatic heterocycles. The lowest BCUT2D eigenvalue weighted by atomic mass is 10.1. The van der Waals surface area contributed by atoms with Crippen LogP contribution in [0.3, 0.4) is 0 Å². The Balaban J connectivity index is 0.00000312. The molecule has 1 saturated heterocycles. The number of likely N-dealkylation sites (tertiary alicyclic amines) is 1. The largest absolute Gasteiger partial charge is 0.484 e. The van der Waals surface area contributed by atoms with Crippen molar-refractivity contribution in [3.8, 4) is 5.75 Å². The van der Waals surface area contributed by atoms with Crippen molar-refractivity contribution in [1.29, 1.82) is 0 Å². The van der Waals surface area contributed by atoms with E-state index in [4.69, 9.17) is 4.74 Å². The third-order valence-corrected chi connectivity index (χ3v) is 4.07. The predicted octanol–water partition coefficient (Wildman–Crippen LogP) is 3.60. The molecular weight excluding hydrogens is 367 g/mol. The van der Waals surface area contributed by atoms with Crippen LogP contribution in [0.15, 0.2) is 0 Å². The quantitative estimate of drug-likeness (QED) is 0.421. The fourth-order valence-corrected chi connectivity index (χ4v) is 2.72. The number of benzene rings is 1. The number of hydrogen-bond acceptors (Lipinski definition) is 3. The molecule has 2 rings (SSSR count). The maximum atomic E-state index is 13.6. The van der Waals surface area contributed by atoms with Crippen LogP contribution in [0.1, 0.15) is 19.3 Å². The molecule has 0 amide bonds. The van der Waals surface area contributed by atoms with Gasteiger partial charge in [-0.25, -0.2) is 13.2 Å². The van der Waals surface area contributed by atoms with Crippen LogP contribution in [0.25, 0.3) is 0 Å². The van der Waals surface area contributed by atoms with Crippen LogP contribution in [0, 0.1) is 29.1 Å². The fourth-order valence-electron chi connectivity index (χ4n) is 2.72. The molecule has 0 bridgehead atoms. The first-order valence-corrected chi connectivity index (χ1v) is 7.86. The molecule has 3 nitrogen and oxygen atoms in total. The van der Waals surface area contributed by atoms with Gasteiger partial charge in [-0.15, -0.1) is 12.4 Å². The summed E-state index contributed by atoms with van der Waals surface area (Å²) in [5.41, 5.74) is 0. The molecule has 1 fully saturated rings. The lowest BCUT2D eigenvalue weighted by molar-refractivity contribution is 0.0895. The summed E-state index contributed by atoms with van der Waals surface area (Å²) in [4.78, 5) is 4.28. The minimum atomic E-state index is -2.17. The van der Waals surface area contributed by atoms with E-state index in [2.05, 4.69) is 9.80 Å². The van der Waals surface area contributed by atoms with E-state index in [0.29, 0.717) is 25.9 Å². The molecule has 0 radical (unpaired) electrons. The van der Waals surface area contributed by atoms with Gasteiger partial charge in [-0.3, -0.25) is 0 Å². The average molecular weight is 389 g/mol. The van der Waals surface area contributed by atoms with E-state index >= 15 is 0 Å². The topological polar surface area (TPSA) is 15.7 Å². The molecule has 9 heteroatoms. The van der Waals surface area contributed by atoms with Crippen LogP contribution in [0.4, 0.5) is 22.0 Å². The molecule has 1 aromatic carbocycles.